The number of allylic oxidation sites excluding steroid dienone is 1. The van der Waals surface area contributed by atoms with Crippen LogP contribution < -0.4 is 5.32 Å². The van der Waals surface area contributed by atoms with Crippen LogP contribution in [0.25, 0.3) is 0 Å². The van der Waals surface area contributed by atoms with E-state index in [2.05, 4.69) is 21.2 Å². The Morgan fingerprint density at radius 3 is 2.53 bits per heavy atom. The maximum absolute atomic E-state index is 12.8. The molecule has 1 aromatic carbocycles. The Labute approximate surface area is 117 Å². The third kappa shape index (κ3) is 4.70. The summed E-state index contributed by atoms with van der Waals surface area (Å²) in [5.41, 5.74) is -0.346. The molecule has 0 aliphatic carbocycles. The number of carbonyl (C=O) groups excluding carboxylic acids is 1. The third-order valence-corrected chi connectivity index (χ3v) is 2.80. The zero-order valence-corrected chi connectivity index (χ0v) is 12.0. The van der Waals surface area contributed by atoms with Gasteiger partial charge in [-0.2, -0.15) is 13.2 Å². The Kier molecular flexibility index (Phi) is 5.17. The summed E-state index contributed by atoms with van der Waals surface area (Å²) in [7, 11) is 0. The van der Waals surface area contributed by atoms with Crippen molar-refractivity contribution in [2.24, 2.45) is 0 Å². The predicted molar refractivity (Wildman–Crippen MR) is 70.9 cm³/mol. The van der Waals surface area contributed by atoms with Gasteiger partial charge < -0.3 is 5.32 Å². The van der Waals surface area contributed by atoms with Crippen LogP contribution >= 0.6 is 15.9 Å². The Balaban J connectivity index is 3.00. The maximum Gasteiger partial charge on any atom is 0.417 e. The van der Waals surface area contributed by atoms with E-state index in [0.29, 0.717) is 0 Å². The van der Waals surface area contributed by atoms with Gasteiger partial charge in [0.05, 0.1) is 11.1 Å². The molecule has 0 radical (unpaired) electrons. The van der Waals surface area contributed by atoms with Crippen LogP contribution in [0.5, 0.6) is 0 Å². The summed E-state index contributed by atoms with van der Waals surface area (Å²) < 4.78 is 38.8. The van der Waals surface area contributed by atoms with Crippen LogP contribution in [0.2, 0.25) is 0 Å². The number of carbonyl (C=O) groups is 1. The van der Waals surface area contributed by atoms with Crippen molar-refractivity contribution in [3.8, 4) is 0 Å². The maximum atomic E-state index is 12.8. The molecular formula is C13H13BrF3NO. The van der Waals surface area contributed by atoms with Crippen LogP contribution in [0.15, 0.2) is 34.3 Å². The predicted octanol–water partition coefficient (Wildman–Crippen LogP) is 4.16. The summed E-state index contributed by atoms with van der Waals surface area (Å²) in [5.74, 6) is -0.739. The molecule has 0 heterocycles. The van der Waals surface area contributed by atoms with Crippen molar-refractivity contribution in [3.63, 3.8) is 0 Å². The van der Waals surface area contributed by atoms with Crippen molar-refractivity contribution in [2.75, 3.05) is 6.54 Å². The van der Waals surface area contributed by atoms with E-state index in [0.717, 1.165) is 17.7 Å². The minimum Gasteiger partial charge on any atom is -0.349 e. The van der Waals surface area contributed by atoms with Gasteiger partial charge in [0.15, 0.2) is 0 Å². The smallest absolute Gasteiger partial charge is 0.349 e. The molecule has 0 spiro atoms. The fourth-order valence-corrected chi connectivity index (χ4v) is 1.75. The van der Waals surface area contributed by atoms with Gasteiger partial charge in [-0.25, -0.2) is 0 Å². The molecule has 1 rings (SSSR count). The number of amides is 1. The summed E-state index contributed by atoms with van der Waals surface area (Å²) in [6.45, 7) is 3.88. The average Bonchev–Trinajstić information content (AvgIpc) is 2.27. The van der Waals surface area contributed by atoms with Gasteiger partial charge >= 0.3 is 6.18 Å². The van der Waals surface area contributed by atoms with Crippen LogP contribution in [0, 0.1) is 0 Å². The SMILES string of the molecule is CC(C)=CCNC(=O)c1ccc(Br)cc1C(F)(F)F. The molecule has 0 unspecified atom stereocenters. The highest BCUT2D eigenvalue weighted by atomic mass is 79.9. The van der Waals surface area contributed by atoms with E-state index in [1.165, 1.54) is 6.07 Å². The van der Waals surface area contributed by atoms with Gasteiger partial charge in [0, 0.05) is 11.0 Å². The van der Waals surface area contributed by atoms with Gasteiger partial charge in [-0.05, 0) is 32.0 Å². The fraction of sp³-hybridized carbons (Fsp3) is 0.308. The molecule has 104 valence electrons. The highest BCUT2D eigenvalue weighted by Crippen LogP contribution is 2.33. The molecule has 19 heavy (non-hydrogen) atoms. The first-order valence-corrected chi connectivity index (χ1v) is 6.29. The first-order valence-electron chi connectivity index (χ1n) is 5.50. The van der Waals surface area contributed by atoms with Gasteiger partial charge in [-0.3, -0.25) is 4.79 Å². The first-order chi connectivity index (χ1) is 8.71. The molecular weight excluding hydrogens is 323 g/mol. The largest absolute Gasteiger partial charge is 0.417 e. The number of halogens is 4. The highest BCUT2D eigenvalue weighted by molar-refractivity contribution is 9.10. The third-order valence-electron chi connectivity index (χ3n) is 2.30. The van der Waals surface area contributed by atoms with E-state index in [1.807, 2.05) is 13.8 Å². The number of hydrogen-bond donors (Lipinski definition) is 1. The Hall–Kier alpha value is -1.30. The van der Waals surface area contributed by atoms with Crippen molar-refractivity contribution >= 4 is 21.8 Å². The van der Waals surface area contributed by atoms with Crippen LogP contribution in [0.3, 0.4) is 0 Å². The lowest BCUT2D eigenvalue weighted by Gasteiger charge is -2.12. The van der Waals surface area contributed by atoms with E-state index >= 15 is 0 Å². The number of hydrogen-bond acceptors (Lipinski definition) is 1. The van der Waals surface area contributed by atoms with Gasteiger partial charge in [-0.1, -0.05) is 27.6 Å². The highest BCUT2D eigenvalue weighted by Gasteiger charge is 2.35. The van der Waals surface area contributed by atoms with Crippen molar-refractivity contribution in [1.29, 1.82) is 0 Å². The minimum atomic E-state index is -4.56. The number of nitrogens with one attached hydrogen (secondary N) is 1. The monoisotopic (exact) mass is 335 g/mol. The van der Waals surface area contributed by atoms with Gasteiger partial charge in [0.1, 0.15) is 0 Å². The first kappa shape index (κ1) is 15.8. The Morgan fingerprint density at radius 2 is 2.00 bits per heavy atom. The molecule has 0 aliphatic heterocycles. The molecule has 1 N–H and O–H groups in total. The lowest BCUT2D eigenvalue weighted by atomic mass is 10.1. The molecule has 0 fully saturated rings. The summed E-state index contributed by atoms with van der Waals surface area (Å²) in [6.07, 6.45) is -2.84. The lowest BCUT2D eigenvalue weighted by Crippen LogP contribution is -2.26. The molecule has 1 amide bonds. The topological polar surface area (TPSA) is 29.1 Å². The minimum absolute atomic E-state index is 0.203. The van der Waals surface area contributed by atoms with E-state index < -0.39 is 17.6 Å². The van der Waals surface area contributed by atoms with Crippen LogP contribution in [0.4, 0.5) is 13.2 Å². The molecule has 0 aliphatic rings. The molecule has 0 saturated carbocycles. The number of benzene rings is 1. The molecule has 0 atom stereocenters. The summed E-state index contributed by atoms with van der Waals surface area (Å²) in [5, 5.41) is 2.43. The second-order valence-electron chi connectivity index (χ2n) is 4.18. The molecule has 1 aromatic rings. The van der Waals surface area contributed by atoms with E-state index in [4.69, 9.17) is 0 Å². The summed E-state index contributed by atoms with van der Waals surface area (Å²) in [4.78, 5) is 11.7. The Bertz CT molecular complexity index is 505. The molecule has 0 bridgehead atoms. The zero-order chi connectivity index (χ0) is 14.6. The Morgan fingerprint density at radius 1 is 1.37 bits per heavy atom. The van der Waals surface area contributed by atoms with Crippen LogP contribution in [-0.2, 0) is 6.18 Å². The second-order valence-corrected chi connectivity index (χ2v) is 5.09. The van der Waals surface area contributed by atoms with Crippen molar-refractivity contribution in [2.45, 2.75) is 20.0 Å². The van der Waals surface area contributed by atoms with Crippen molar-refractivity contribution in [1.82, 2.24) is 5.32 Å². The normalized spacial score (nSPS) is 11.1. The zero-order valence-electron chi connectivity index (χ0n) is 10.4. The molecule has 0 aromatic heterocycles. The number of rotatable bonds is 3. The van der Waals surface area contributed by atoms with Gasteiger partial charge in [0.25, 0.3) is 5.91 Å². The van der Waals surface area contributed by atoms with Crippen LogP contribution in [-0.4, -0.2) is 12.5 Å². The van der Waals surface area contributed by atoms with Crippen molar-refractivity contribution < 1.29 is 18.0 Å². The van der Waals surface area contributed by atoms with Crippen LogP contribution in [0.1, 0.15) is 29.8 Å². The van der Waals surface area contributed by atoms with Crippen molar-refractivity contribution in [3.05, 3.63) is 45.4 Å². The second kappa shape index (κ2) is 6.23. The van der Waals surface area contributed by atoms with Gasteiger partial charge in [0.2, 0.25) is 0 Å². The number of alkyl halides is 3. The van der Waals surface area contributed by atoms with E-state index in [-0.39, 0.29) is 16.6 Å². The quantitative estimate of drug-likeness (QED) is 0.825. The van der Waals surface area contributed by atoms with E-state index in [1.54, 1.807) is 6.08 Å². The molecule has 2 nitrogen and oxygen atoms in total. The fourth-order valence-electron chi connectivity index (χ4n) is 1.39. The van der Waals surface area contributed by atoms with Gasteiger partial charge in [-0.15, -0.1) is 0 Å². The molecule has 0 saturated heterocycles. The summed E-state index contributed by atoms with van der Waals surface area (Å²) in [6, 6.07) is 3.46. The van der Waals surface area contributed by atoms with E-state index in [9.17, 15) is 18.0 Å². The average molecular weight is 336 g/mol. The standard InChI is InChI=1S/C13H13BrF3NO/c1-8(2)5-6-18-12(19)10-4-3-9(14)7-11(10)13(15,16)17/h3-5,7H,6H2,1-2H3,(H,18,19). The lowest BCUT2D eigenvalue weighted by molar-refractivity contribution is -0.138. The molecule has 6 heteroatoms. The summed E-state index contributed by atoms with van der Waals surface area (Å²) >= 11 is 2.97.